The van der Waals surface area contributed by atoms with Crippen molar-refractivity contribution >= 4 is 0 Å². The lowest BCUT2D eigenvalue weighted by Crippen LogP contribution is -2.36. The molecule has 0 aromatic carbocycles. The minimum Gasteiger partial charge on any atom is -0.391 e. The molecule has 0 saturated heterocycles. The van der Waals surface area contributed by atoms with Crippen molar-refractivity contribution in [2.45, 2.75) is 31.9 Å². The van der Waals surface area contributed by atoms with Gasteiger partial charge in [-0.05, 0) is 32.0 Å². The van der Waals surface area contributed by atoms with Gasteiger partial charge in [-0.1, -0.05) is 11.6 Å². The Morgan fingerprint density at radius 3 is 3.08 bits per heavy atom. The minimum atomic E-state index is -0.490. The molecule has 0 bridgehead atoms. The first-order valence-corrected chi connectivity index (χ1v) is 4.59. The lowest BCUT2D eigenvalue weighted by atomic mass is 10.0. The van der Waals surface area contributed by atoms with E-state index < -0.39 is 6.10 Å². The summed E-state index contributed by atoms with van der Waals surface area (Å²) < 4.78 is 11.8. The average Bonchev–Trinajstić information content (AvgIpc) is 2.14. The predicted octanol–water partition coefficient (Wildman–Crippen LogP) is 1.53. The maximum absolute atomic E-state index is 11.8. The van der Waals surface area contributed by atoms with Crippen molar-refractivity contribution < 1.29 is 9.50 Å². The Labute approximate surface area is 78.1 Å². The smallest absolute Gasteiger partial charge is 0.0895 e. The first kappa shape index (κ1) is 10.3. The van der Waals surface area contributed by atoms with Gasteiger partial charge in [0.05, 0.1) is 18.8 Å². The first-order chi connectivity index (χ1) is 6.24. The van der Waals surface area contributed by atoms with Crippen LogP contribution in [0.4, 0.5) is 4.39 Å². The molecule has 0 amide bonds. The number of allylic oxidation sites excluding steroid dienone is 2. The van der Waals surface area contributed by atoms with Crippen molar-refractivity contribution in [1.82, 2.24) is 5.32 Å². The van der Waals surface area contributed by atoms with Crippen molar-refractivity contribution in [2.75, 3.05) is 6.67 Å². The summed E-state index contributed by atoms with van der Waals surface area (Å²) in [4.78, 5) is 0. The number of aliphatic hydroxyl groups is 1. The third-order valence-electron chi connectivity index (χ3n) is 2.13. The van der Waals surface area contributed by atoms with Gasteiger partial charge in [0.25, 0.3) is 0 Å². The van der Waals surface area contributed by atoms with Gasteiger partial charge in [0.1, 0.15) is 0 Å². The summed E-state index contributed by atoms with van der Waals surface area (Å²) in [5.74, 6) is 0. The van der Waals surface area contributed by atoms with Gasteiger partial charge < -0.3 is 10.4 Å². The van der Waals surface area contributed by atoms with Crippen molar-refractivity contribution in [3.8, 4) is 0 Å². The van der Waals surface area contributed by atoms with E-state index in [0.29, 0.717) is 12.8 Å². The van der Waals surface area contributed by atoms with E-state index in [4.69, 9.17) is 0 Å². The molecule has 0 spiro atoms. The van der Waals surface area contributed by atoms with Gasteiger partial charge >= 0.3 is 0 Å². The maximum Gasteiger partial charge on any atom is 0.0895 e. The highest BCUT2D eigenvalue weighted by molar-refractivity contribution is 5.23. The third kappa shape index (κ3) is 3.19. The summed E-state index contributed by atoms with van der Waals surface area (Å²) in [6, 6.07) is -0.0588. The Balaban J connectivity index is 2.39. The van der Waals surface area contributed by atoms with Gasteiger partial charge in [0.15, 0.2) is 0 Å². The van der Waals surface area contributed by atoms with Crippen LogP contribution in [-0.2, 0) is 0 Å². The average molecular weight is 185 g/mol. The van der Waals surface area contributed by atoms with Crippen LogP contribution >= 0.6 is 0 Å². The van der Waals surface area contributed by atoms with Crippen LogP contribution in [0.25, 0.3) is 0 Å². The number of hydrogen-bond acceptors (Lipinski definition) is 2. The van der Waals surface area contributed by atoms with E-state index in [9.17, 15) is 9.50 Å². The van der Waals surface area contributed by atoms with E-state index in [1.807, 2.05) is 25.3 Å². The molecule has 1 rings (SSSR count). The molecular weight excluding hydrogens is 169 g/mol. The summed E-state index contributed by atoms with van der Waals surface area (Å²) in [5.41, 5.74) is 1.13. The van der Waals surface area contributed by atoms with Crippen LogP contribution in [0.2, 0.25) is 0 Å². The number of alkyl halides is 1. The lowest BCUT2D eigenvalue weighted by Gasteiger charge is -2.23. The third-order valence-corrected chi connectivity index (χ3v) is 2.13. The zero-order chi connectivity index (χ0) is 9.68. The SMILES string of the molecule is CC1=CC(C(O)CCCF)NC=C1. The summed E-state index contributed by atoms with van der Waals surface area (Å²) in [6.45, 7) is 1.62. The molecule has 0 aliphatic carbocycles. The van der Waals surface area contributed by atoms with Gasteiger partial charge in [-0.2, -0.15) is 0 Å². The topological polar surface area (TPSA) is 32.3 Å². The molecule has 0 aromatic heterocycles. The highest BCUT2D eigenvalue weighted by atomic mass is 19.1. The zero-order valence-electron chi connectivity index (χ0n) is 7.83. The fourth-order valence-corrected chi connectivity index (χ4v) is 1.37. The quantitative estimate of drug-likeness (QED) is 0.696. The number of halogens is 1. The van der Waals surface area contributed by atoms with Crippen LogP contribution in [0.15, 0.2) is 23.9 Å². The summed E-state index contributed by atoms with van der Waals surface area (Å²) >= 11 is 0. The van der Waals surface area contributed by atoms with E-state index >= 15 is 0 Å². The highest BCUT2D eigenvalue weighted by Crippen LogP contribution is 2.10. The predicted molar refractivity (Wildman–Crippen MR) is 51.0 cm³/mol. The number of aliphatic hydroxyl groups excluding tert-OH is 1. The van der Waals surface area contributed by atoms with E-state index in [2.05, 4.69) is 5.32 Å². The van der Waals surface area contributed by atoms with E-state index in [-0.39, 0.29) is 12.7 Å². The van der Waals surface area contributed by atoms with Crippen LogP contribution in [-0.4, -0.2) is 23.9 Å². The minimum absolute atomic E-state index is 0.0588. The second-order valence-corrected chi connectivity index (χ2v) is 3.34. The maximum atomic E-state index is 11.8. The molecule has 2 N–H and O–H groups in total. The number of nitrogens with one attached hydrogen (secondary N) is 1. The summed E-state index contributed by atoms with van der Waals surface area (Å²) in [7, 11) is 0. The molecule has 1 aliphatic heterocycles. The number of rotatable bonds is 4. The van der Waals surface area contributed by atoms with Crippen molar-refractivity contribution in [2.24, 2.45) is 0 Å². The Hall–Kier alpha value is -0.830. The summed E-state index contributed by atoms with van der Waals surface area (Å²) in [6.07, 6.45) is 6.16. The van der Waals surface area contributed by atoms with Gasteiger partial charge in [-0.25, -0.2) is 0 Å². The van der Waals surface area contributed by atoms with Crippen LogP contribution in [0.3, 0.4) is 0 Å². The second kappa shape index (κ2) is 5.02. The van der Waals surface area contributed by atoms with Crippen molar-refractivity contribution in [3.05, 3.63) is 23.9 Å². The zero-order valence-corrected chi connectivity index (χ0v) is 7.83. The number of dihydropyridines is 1. The molecule has 13 heavy (non-hydrogen) atoms. The molecule has 1 heterocycles. The Morgan fingerprint density at radius 1 is 1.69 bits per heavy atom. The molecule has 0 radical (unpaired) electrons. The van der Waals surface area contributed by atoms with Crippen LogP contribution < -0.4 is 5.32 Å². The molecule has 1 aliphatic rings. The number of hydrogen-bond donors (Lipinski definition) is 2. The molecule has 2 unspecified atom stereocenters. The second-order valence-electron chi connectivity index (χ2n) is 3.34. The standard InChI is InChI=1S/C10H16FNO/c1-8-4-6-12-9(7-8)10(13)3-2-5-11/h4,6-7,9-10,12-13H,2-3,5H2,1H3. The van der Waals surface area contributed by atoms with Crippen molar-refractivity contribution in [3.63, 3.8) is 0 Å². The Kier molecular flexibility index (Phi) is 3.96. The molecule has 0 saturated carbocycles. The Morgan fingerprint density at radius 2 is 2.46 bits per heavy atom. The fourth-order valence-electron chi connectivity index (χ4n) is 1.37. The molecule has 0 fully saturated rings. The molecule has 0 aromatic rings. The summed E-state index contributed by atoms with van der Waals surface area (Å²) in [5, 5.41) is 12.6. The lowest BCUT2D eigenvalue weighted by molar-refractivity contribution is 0.135. The van der Waals surface area contributed by atoms with E-state index in [1.54, 1.807) is 0 Å². The first-order valence-electron chi connectivity index (χ1n) is 4.59. The monoisotopic (exact) mass is 185 g/mol. The normalized spacial score (nSPS) is 23.6. The Bertz CT molecular complexity index is 213. The molecule has 3 heteroatoms. The van der Waals surface area contributed by atoms with E-state index in [0.717, 1.165) is 5.57 Å². The molecule has 2 atom stereocenters. The van der Waals surface area contributed by atoms with Gasteiger partial charge in [-0.3, -0.25) is 4.39 Å². The van der Waals surface area contributed by atoms with Gasteiger partial charge in [0, 0.05) is 0 Å². The van der Waals surface area contributed by atoms with Gasteiger partial charge in [0.2, 0.25) is 0 Å². The fraction of sp³-hybridized carbons (Fsp3) is 0.600. The van der Waals surface area contributed by atoms with Gasteiger partial charge in [-0.15, -0.1) is 0 Å². The van der Waals surface area contributed by atoms with Crippen LogP contribution in [0, 0.1) is 0 Å². The molecule has 74 valence electrons. The highest BCUT2D eigenvalue weighted by Gasteiger charge is 2.16. The molecule has 2 nitrogen and oxygen atoms in total. The van der Waals surface area contributed by atoms with E-state index in [1.165, 1.54) is 0 Å². The van der Waals surface area contributed by atoms with Crippen LogP contribution in [0.5, 0.6) is 0 Å². The van der Waals surface area contributed by atoms with Crippen molar-refractivity contribution in [1.29, 1.82) is 0 Å². The molecular formula is C10H16FNO. The van der Waals surface area contributed by atoms with Crippen LogP contribution in [0.1, 0.15) is 19.8 Å². The largest absolute Gasteiger partial charge is 0.391 e.